The van der Waals surface area contributed by atoms with Crippen LogP contribution < -0.4 is 4.74 Å². The summed E-state index contributed by atoms with van der Waals surface area (Å²) in [5.41, 5.74) is 0.584. The predicted octanol–water partition coefficient (Wildman–Crippen LogP) is 3.91. The molecule has 1 aromatic carbocycles. The fourth-order valence-electron chi connectivity index (χ4n) is 1.66. The smallest absolute Gasteiger partial charge is 0.309 e. The van der Waals surface area contributed by atoms with E-state index in [0.29, 0.717) is 13.0 Å². The summed E-state index contributed by atoms with van der Waals surface area (Å²) in [5, 5.41) is 9.00. The molecule has 1 N–H and O–H groups in total. The van der Waals surface area contributed by atoms with Crippen molar-refractivity contribution in [3.8, 4) is 5.75 Å². The van der Waals surface area contributed by atoms with Crippen LogP contribution in [0.3, 0.4) is 0 Å². The molecule has 0 radical (unpaired) electrons. The lowest BCUT2D eigenvalue weighted by molar-refractivity contribution is -0.147. The van der Waals surface area contributed by atoms with E-state index in [9.17, 15) is 4.79 Å². The Bertz CT molecular complexity index is 393. The van der Waals surface area contributed by atoms with Crippen LogP contribution in [-0.2, 0) is 11.2 Å². The zero-order chi connectivity index (χ0) is 14.3. The molecule has 19 heavy (non-hydrogen) atoms. The van der Waals surface area contributed by atoms with E-state index in [4.69, 9.17) is 9.84 Å². The molecule has 106 valence electrons. The van der Waals surface area contributed by atoms with Gasteiger partial charge in [-0.1, -0.05) is 25.5 Å². The molecule has 0 amide bonds. The number of hydrogen-bond acceptors (Lipinski definition) is 2. The van der Waals surface area contributed by atoms with E-state index in [-0.39, 0.29) is 0 Å². The number of rotatable bonds is 8. The van der Waals surface area contributed by atoms with E-state index in [1.165, 1.54) is 18.4 Å². The topological polar surface area (TPSA) is 46.5 Å². The molecule has 0 bridgehead atoms. The van der Waals surface area contributed by atoms with Gasteiger partial charge in [-0.3, -0.25) is 4.79 Å². The lowest BCUT2D eigenvalue weighted by atomic mass is 9.90. The summed E-state index contributed by atoms with van der Waals surface area (Å²) in [5.74, 6) is 0.0208. The van der Waals surface area contributed by atoms with Crippen LogP contribution in [0, 0.1) is 5.41 Å². The van der Waals surface area contributed by atoms with Crippen molar-refractivity contribution in [1.29, 1.82) is 0 Å². The summed E-state index contributed by atoms with van der Waals surface area (Å²) in [6.07, 6.45) is 4.00. The summed E-state index contributed by atoms with van der Waals surface area (Å²) < 4.78 is 5.59. The van der Waals surface area contributed by atoms with Gasteiger partial charge in [-0.2, -0.15) is 0 Å². The SMILES string of the molecule is CCCCc1ccc(OCCC(C)(C)C(=O)O)cc1. The van der Waals surface area contributed by atoms with Crippen LogP contribution in [0.2, 0.25) is 0 Å². The summed E-state index contributed by atoms with van der Waals surface area (Å²) in [4.78, 5) is 11.0. The molecule has 0 atom stereocenters. The molecule has 1 rings (SSSR count). The average molecular weight is 264 g/mol. The van der Waals surface area contributed by atoms with Crippen molar-refractivity contribution in [2.24, 2.45) is 5.41 Å². The number of hydrogen-bond donors (Lipinski definition) is 1. The summed E-state index contributed by atoms with van der Waals surface area (Å²) >= 11 is 0. The second kappa shape index (κ2) is 7.17. The van der Waals surface area contributed by atoms with Gasteiger partial charge < -0.3 is 9.84 Å². The molecule has 0 aromatic heterocycles. The summed E-state index contributed by atoms with van der Waals surface area (Å²) in [7, 11) is 0. The van der Waals surface area contributed by atoms with Crippen molar-refractivity contribution >= 4 is 5.97 Å². The van der Waals surface area contributed by atoms with Gasteiger partial charge in [0.2, 0.25) is 0 Å². The van der Waals surface area contributed by atoms with Crippen LogP contribution in [0.1, 0.15) is 45.6 Å². The molecule has 0 heterocycles. The van der Waals surface area contributed by atoms with E-state index in [0.717, 1.165) is 12.2 Å². The third-order valence-corrected chi connectivity index (χ3v) is 3.32. The van der Waals surface area contributed by atoms with Gasteiger partial charge in [-0.15, -0.1) is 0 Å². The Hall–Kier alpha value is -1.51. The maximum atomic E-state index is 11.0. The highest BCUT2D eigenvalue weighted by molar-refractivity contribution is 5.73. The van der Waals surface area contributed by atoms with Crippen molar-refractivity contribution in [1.82, 2.24) is 0 Å². The molecule has 0 unspecified atom stereocenters. The van der Waals surface area contributed by atoms with Crippen LogP contribution in [0.15, 0.2) is 24.3 Å². The van der Waals surface area contributed by atoms with E-state index in [1.54, 1.807) is 13.8 Å². The number of carboxylic acids is 1. The normalized spacial score (nSPS) is 11.3. The molecular weight excluding hydrogens is 240 g/mol. The van der Waals surface area contributed by atoms with E-state index in [1.807, 2.05) is 12.1 Å². The fraction of sp³-hybridized carbons (Fsp3) is 0.562. The Morgan fingerprint density at radius 3 is 2.42 bits per heavy atom. The van der Waals surface area contributed by atoms with Crippen LogP contribution in [-0.4, -0.2) is 17.7 Å². The van der Waals surface area contributed by atoms with Gasteiger partial charge in [0, 0.05) is 0 Å². The Morgan fingerprint density at radius 2 is 1.89 bits per heavy atom. The second-order valence-electron chi connectivity index (χ2n) is 5.54. The number of benzene rings is 1. The molecule has 0 aliphatic carbocycles. The van der Waals surface area contributed by atoms with E-state index < -0.39 is 11.4 Å². The van der Waals surface area contributed by atoms with Gasteiger partial charge in [-0.05, 0) is 50.8 Å². The molecule has 0 saturated carbocycles. The van der Waals surface area contributed by atoms with Crippen molar-refractivity contribution in [2.75, 3.05) is 6.61 Å². The monoisotopic (exact) mass is 264 g/mol. The standard InChI is InChI=1S/C16H24O3/c1-4-5-6-13-7-9-14(10-8-13)19-12-11-16(2,3)15(17)18/h7-10H,4-6,11-12H2,1-3H3,(H,17,18). The molecule has 0 fully saturated rings. The minimum absolute atomic E-state index is 0.424. The first-order valence-electron chi connectivity index (χ1n) is 6.91. The van der Waals surface area contributed by atoms with Crippen molar-refractivity contribution in [3.63, 3.8) is 0 Å². The largest absolute Gasteiger partial charge is 0.494 e. The number of aryl methyl sites for hydroxylation is 1. The predicted molar refractivity (Wildman–Crippen MR) is 76.6 cm³/mol. The summed E-state index contributed by atoms with van der Waals surface area (Å²) in [6, 6.07) is 8.07. The molecule has 3 heteroatoms. The minimum Gasteiger partial charge on any atom is -0.494 e. The molecule has 0 spiro atoms. The zero-order valence-corrected chi connectivity index (χ0v) is 12.1. The number of aliphatic carboxylic acids is 1. The fourth-order valence-corrected chi connectivity index (χ4v) is 1.66. The van der Waals surface area contributed by atoms with E-state index >= 15 is 0 Å². The zero-order valence-electron chi connectivity index (χ0n) is 12.1. The number of ether oxygens (including phenoxy) is 1. The Balaban J connectivity index is 2.40. The molecule has 0 aliphatic heterocycles. The van der Waals surface area contributed by atoms with Crippen LogP contribution in [0.5, 0.6) is 5.75 Å². The van der Waals surface area contributed by atoms with Crippen molar-refractivity contribution < 1.29 is 14.6 Å². The van der Waals surface area contributed by atoms with E-state index in [2.05, 4.69) is 19.1 Å². The third kappa shape index (κ3) is 5.33. The number of carbonyl (C=O) groups is 1. The van der Waals surface area contributed by atoms with Crippen LogP contribution in [0.25, 0.3) is 0 Å². The molecule has 0 aliphatic rings. The van der Waals surface area contributed by atoms with Crippen LogP contribution in [0.4, 0.5) is 0 Å². The number of unbranched alkanes of at least 4 members (excludes halogenated alkanes) is 1. The third-order valence-electron chi connectivity index (χ3n) is 3.32. The minimum atomic E-state index is -0.786. The molecule has 3 nitrogen and oxygen atoms in total. The summed E-state index contributed by atoms with van der Waals surface area (Å²) in [6.45, 7) is 6.04. The van der Waals surface area contributed by atoms with Gasteiger partial charge >= 0.3 is 5.97 Å². The van der Waals surface area contributed by atoms with Crippen molar-refractivity contribution in [3.05, 3.63) is 29.8 Å². The maximum absolute atomic E-state index is 11.0. The second-order valence-corrected chi connectivity index (χ2v) is 5.54. The lowest BCUT2D eigenvalue weighted by Crippen LogP contribution is -2.25. The van der Waals surface area contributed by atoms with Crippen molar-refractivity contribution in [2.45, 2.75) is 46.5 Å². The van der Waals surface area contributed by atoms with Gasteiger partial charge in [0.05, 0.1) is 12.0 Å². The number of carboxylic acid groups (broad SMARTS) is 1. The first kappa shape index (κ1) is 15.5. The Kier molecular flexibility index (Phi) is 5.87. The molecular formula is C16H24O3. The quantitative estimate of drug-likeness (QED) is 0.774. The average Bonchev–Trinajstić information content (AvgIpc) is 2.37. The van der Waals surface area contributed by atoms with Gasteiger partial charge in [0.15, 0.2) is 0 Å². The first-order chi connectivity index (χ1) is 8.95. The van der Waals surface area contributed by atoms with Gasteiger partial charge in [0.25, 0.3) is 0 Å². The molecule has 0 saturated heterocycles. The highest BCUT2D eigenvalue weighted by Gasteiger charge is 2.26. The highest BCUT2D eigenvalue weighted by Crippen LogP contribution is 2.21. The Morgan fingerprint density at radius 1 is 1.26 bits per heavy atom. The van der Waals surface area contributed by atoms with Gasteiger partial charge in [0.1, 0.15) is 5.75 Å². The highest BCUT2D eigenvalue weighted by atomic mass is 16.5. The molecule has 1 aromatic rings. The first-order valence-corrected chi connectivity index (χ1v) is 6.91. The Labute approximate surface area is 115 Å². The lowest BCUT2D eigenvalue weighted by Gasteiger charge is -2.18. The van der Waals surface area contributed by atoms with Gasteiger partial charge in [-0.25, -0.2) is 0 Å². The maximum Gasteiger partial charge on any atom is 0.309 e. The van der Waals surface area contributed by atoms with Crippen LogP contribution >= 0.6 is 0 Å².